The minimum absolute atomic E-state index is 0.0325. The Balaban J connectivity index is 1.09. The summed E-state index contributed by atoms with van der Waals surface area (Å²) in [4.78, 5) is 1.92. The van der Waals surface area contributed by atoms with Crippen molar-refractivity contribution in [1.82, 2.24) is 4.57 Å². The molecular weight excluding hydrogens is 717 g/mol. The average molecular weight is 757 g/mol. The van der Waals surface area contributed by atoms with Crippen LogP contribution in [0.3, 0.4) is 0 Å². The number of hydrogen-bond donors (Lipinski definition) is 0. The van der Waals surface area contributed by atoms with Crippen molar-refractivity contribution in [2.24, 2.45) is 0 Å². The van der Waals surface area contributed by atoms with E-state index < -0.39 is 0 Å². The first-order valence-electron chi connectivity index (χ1n) is 21.8. The summed E-state index contributed by atoms with van der Waals surface area (Å²) in [6.07, 6.45) is 0. The van der Waals surface area contributed by atoms with Crippen LogP contribution in [0.1, 0.15) is 5.48 Å². The second kappa shape index (κ2) is 13.4. The molecule has 0 atom stereocenters. The maximum atomic E-state index is 10.1. The molecule has 0 N–H and O–H groups in total. The first-order valence-corrected chi connectivity index (χ1v) is 19.8. The van der Waals surface area contributed by atoms with E-state index in [9.17, 15) is 5.48 Å². The Morgan fingerprint density at radius 3 is 1.86 bits per heavy atom. The molecule has 0 aliphatic rings. The topological polar surface area (TPSA) is 21.3 Å². The van der Waals surface area contributed by atoms with E-state index in [-0.39, 0.29) is 35.5 Å². The van der Waals surface area contributed by atoms with E-state index >= 15 is 0 Å². The Morgan fingerprint density at radius 1 is 0.441 bits per heavy atom. The van der Waals surface area contributed by atoms with Crippen molar-refractivity contribution in [3.05, 3.63) is 218 Å². The number of fused-ring (bicyclic) bond motifs is 9. The molecule has 0 aliphatic heterocycles. The van der Waals surface area contributed by atoms with Gasteiger partial charge in [-0.2, -0.15) is 0 Å². The fourth-order valence-electron chi connectivity index (χ4n) is 8.87. The monoisotopic (exact) mass is 756 g/mol. The van der Waals surface area contributed by atoms with Crippen LogP contribution < -0.4 is 4.90 Å². The molecular formula is C56H36N2O. The molecule has 12 aromatic rings. The van der Waals surface area contributed by atoms with Crippen molar-refractivity contribution >= 4 is 82.4 Å². The van der Waals surface area contributed by atoms with Crippen LogP contribution in [0.4, 0.5) is 17.1 Å². The van der Waals surface area contributed by atoms with Gasteiger partial charge in [-0.15, -0.1) is 0 Å². The van der Waals surface area contributed by atoms with E-state index in [2.05, 4.69) is 103 Å². The second-order valence-electron chi connectivity index (χ2n) is 15.0. The van der Waals surface area contributed by atoms with E-state index in [0.717, 1.165) is 71.2 Å². The number of para-hydroxylation sites is 2. The van der Waals surface area contributed by atoms with Gasteiger partial charge in [-0.3, -0.25) is 0 Å². The number of benzene rings is 10. The zero-order chi connectivity index (χ0) is 42.3. The molecule has 59 heavy (non-hydrogen) atoms. The van der Waals surface area contributed by atoms with Gasteiger partial charge in [-0.1, -0.05) is 146 Å². The molecule has 2 heterocycles. The van der Waals surface area contributed by atoms with Gasteiger partial charge in [0, 0.05) is 38.6 Å². The normalized spacial score (nSPS) is 12.7. The van der Waals surface area contributed by atoms with E-state index in [1.807, 2.05) is 100 Å². The lowest BCUT2D eigenvalue weighted by atomic mass is 9.97. The maximum Gasteiger partial charge on any atom is 0.143 e. The Kier molecular flexibility index (Phi) is 6.65. The zero-order valence-electron chi connectivity index (χ0n) is 35.8. The standard InChI is InChI=1S/C56H36N2O/c1-2-14-40-35-43(27-26-37(40)12-1)42-16-9-15-41(34-42)38-28-31-44(32-29-38)57(53-24-11-25-54-55(53)50-33-30-39-13-3-4-19-47(39)56(50)59-54)45-17-10-18-46(36-45)58-51-22-7-5-20-48(51)49-21-6-8-23-52(49)58/h1-36H/i10D,17D,18D,36D. The summed E-state index contributed by atoms with van der Waals surface area (Å²) in [5.41, 5.74) is 9.19. The predicted molar refractivity (Wildman–Crippen MR) is 249 cm³/mol. The molecule has 12 rings (SSSR count). The summed E-state index contributed by atoms with van der Waals surface area (Å²) < 4.78 is 47.1. The molecule has 2 aromatic heterocycles. The first-order chi connectivity index (χ1) is 30.9. The van der Waals surface area contributed by atoms with Gasteiger partial charge in [-0.25, -0.2) is 0 Å². The van der Waals surface area contributed by atoms with E-state index in [1.165, 1.54) is 10.8 Å². The van der Waals surface area contributed by atoms with Crippen molar-refractivity contribution in [2.75, 3.05) is 4.90 Å². The van der Waals surface area contributed by atoms with E-state index in [0.29, 0.717) is 17.0 Å². The number of aromatic nitrogens is 1. The van der Waals surface area contributed by atoms with E-state index in [1.54, 1.807) is 0 Å². The zero-order valence-corrected chi connectivity index (χ0v) is 31.8. The highest BCUT2D eigenvalue weighted by atomic mass is 16.3. The van der Waals surface area contributed by atoms with Gasteiger partial charge in [0.15, 0.2) is 0 Å². The maximum absolute atomic E-state index is 10.1. The lowest BCUT2D eigenvalue weighted by molar-refractivity contribution is 0.672. The fraction of sp³-hybridized carbons (Fsp3) is 0. The number of hydrogen-bond acceptors (Lipinski definition) is 2. The molecule has 276 valence electrons. The highest BCUT2D eigenvalue weighted by Crippen LogP contribution is 2.45. The minimum atomic E-state index is -0.264. The molecule has 3 nitrogen and oxygen atoms in total. The molecule has 0 radical (unpaired) electrons. The van der Waals surface area contributed by atoms with Crippen LogP contribution in [0.25, 0.3) is 93.2 Å². The molecule has 0 fully saturated rings. The van der Waals surface area contributed by atoms with Gasteiger partial charge < -0.3 is 13.9 Å². The third-order valence-electron chi connectivity index (χ3n) is 11.6. The van der Waals surface area contributed by atoms with Crippen LogP contribution in [-0.2, 0) is 0 Å². The van der Waals surface area contributed by atoms with Gasteiger partial charge in [-0.05, 0) is 111 Å². The van der Waals surface area contributed by atoms with Crippen molar-refractivity contribution in [1.29, 1.82) is 0 Å². The Hall–Kier alpha value is -7.88. The lowest BCUT2D eigenvalue weighted by Crippen LogP contribution is -2.11. The number of anilines is 3. The molecule has 0 aliphatic carbocycles. The summed E-state index contributed by atoms with van der Waals surface area (Å²) in [7, 11) is 0. The third-order valence-corrected chi connectivity index (χ3v) is 11.6. The van der Waals surface area contributed by atoms with Crippen LogP contribution in [0, 0.1) is 0 Å². The van der Waals surface area contributed by atoms with Gasteiger partial charge in [0.25, 0.3) is 0 Å². The largest absolute Gasteiger partial charge is 0.455 e. The number of furan rings is 1. The summed E-state index contributed by atoms with van der Waals surface area (Å²) in [6.45, 7) is 0. The molecule has 0 unspecified atom stereocenters. The molecule has 0 bridgehead atoms. The molecule has 0 spiro atoms. The van der Waals surface area contributed by atoms with Gasteiger partial charge >= 0.3 is 0 Å². The Labute approximate surface area is 346 Å². The molecule has 0 amide bonds. The summed E-state index contributed by atoms with van der Waals surface area (Å²) in [5.74, 6) is 0. The first kappa shape index (κ1) is 29.4. The van der Waals surface area contributed by atoms with Crippen molar-refractivity contribution < 1.29 is 9.90 Å². The highest BCUT2D eigenvalue weighted by molar-refractivity contribution is 6.19. The van der Waals surface area contributed by atoms with Crippen LogP contribution in [0.5, 0.6) is 0 Å². The smallest absolute Gasteiger partial charge is 0.143 e. The van der Waals surface area contributed by atoms with Crippen LogP contribution in [0.2, 0.25) is 0 Å². The molecule has 3 heteroatoms. The highest BCUT2D eigenvalue weighted by Gasteiger charge is 2.22. The molecule has 0 saturated carbocycles. The quantitative estimate of drug-likeness (QED) is 0.168. The van der Waals surface area contributed by atoms with Crippen molar-refractivity contribution in [3.63, 3.8) is 0 Å². The molecule has 0 saturated heterocycles. The van der Waals surface area contributed by atoms with Crippen LogP contribution in [0.15, 0.2) is 223 Å². The fourth-order valence-corrected chi connectivity index (χ4v) is 8.87. The SMILES string of the molecule is [2H]c1c([2H])c(N(c2ccc(-c3cccc(-c4ccc5ccccc5c4)c3)cc2)c2cccc3oc4c5ccccc5ccc4c23)c([2H])c(-n2c3ccccc3c3ccccc32)c1[2H]. The molecule has 10 aromatic carbocycles. The Morgan fingerprint density at radius 2 is 1.07 bits per heavy atom. The third kappa shape index (κ3) is 5.44. The summed E-state index contributed by atoms with van der Waals surface area (Å²) >= 11 is 0. The minimum Gasteiger partial charge on any atom is -0.455 e. The van der Waals surface area contributed by atoms with Crippen molar-refractivity contribution in [3.8, 4) is 27.9 Å². The lowest BCUT2D eigenvalue weighted by Gasteiger charge is -2.27. The number of nitrogens with zero attached hydrogens (tertiary/aromatic N) is 2. The summed E-state index contributed by atoms with van der Waals surface area (Å²) in [5, 5.41) is 8.12. The van der Waals surface area contributed by atoms with Crippen LogP contribution >= 0.6 is 0 Å². The average Bonchev–Trinajstić information content (AvgIpc) is 3.89. The van der Waals surface area contributed by atoms with Gasteiger partial charge in [0.1, 0.15) is 11.2 Å². The number of rotatable bonds is 6. The second-order valence-corrected chi connectivity index (χ2v) is 15.0. The van der Waals surface area contributed by atoms with Crippen LogP contribution in [-0.4, -0.2) is 4.57 Å². The Bertz CT molecular complexity index is 3760. The predicted octanol–water partition coefficient (Wildman–Crippen LogP) is 15.8. The van der Waals surface area contributed by atoms with Gasteiger partial charge in [0.05, 0.1) is 27.6 Å². The van der Waals surface area contributed by atoms with E-state index in [4.69, 9.17) is 4.42 Å². The summed E-state index contributed by atoms with van der Waals surface area (Å²) in [6, 6.07) is 65.1. The van der Waals surface area contributed by atoms with Crippen molar-refractivity contribution in [2.45, 2.75) is 0 Å². The van der Waals surface area contributed by atoms with Gasteiger partial charge in [0.2, 0.25) is 0 Å².